The molecule has 1 N–H and O–H groups in total. The van der Waals surface area contributed by atoms with Gasteiger partial charge in [-0.3, -0.25) is 9.59 Å². The topological polar surface area (TPSA) is 75.4 Å². The van der Waals surface area contributed by atoms with Crippen molar-refractivity contribution >= 4 is 5.91 Å². The molecule has 116 valence electrons. The van der Waals surface area contributed by atoms with Crippen LogP contribution in [0.5, 0.6) is 0 Å². The molecule has 6 nitrogen and oxygen atoms in total. The van der Waals surface area contributed by atoms with Crippen LogP contribution in [0.3, 0.4) is 0 Å². The highest BCUT2D eigenvalue weighted by molar-refractivity contribution is 5.95. The Morgan fingerprint density at radius 3 is 2.81 bits per heavy atom. The van der Waals surface area contributed by atoms with Crippen LogP contribution >= 0.6 is 0 Å². The predicted octanol–water partition coefficient (Wildman–Crippen LogP) is 0.632. The van der Waals surface area contributed by atoms with Crippen molar-refractivity contribution in [1.29, 1.82) is 0 Å². The Labute approximate surface area is 124 Å². The van der Waals surface area contributed by atoms with Crippen LogP contribution in [0.25, 0.3) is 0 Å². The summed E-state index contributed by atoms with van der Waals surface area (Å²) in [5.41, 5.74) is 1.25. The first-order valence-electron chi connectivity index (χ1n) is 7.40. The second-order valence-electron chi connectivity index (χ2n) is 5.79. The maximum atomic E-state index is 12.7. The van der Waals surface area contributed by atoms with E-state index in [-0.39, 0.29) is 23.6 Å². The van der Waals surface area contributed by atoms with Gasteiger partial charge in [-0.2, -0.15) is 5.10 Å². The molecule has 2 heterocycles. The fourth-order valence-electron chi connectivity index (χ4n) is 2.93. The molecule has 0 radical (unpaired) electrons. The number of nitrogens with zero attached hydrogens (tertiary/aromatic N) is 3. The van der Waals surface area contributed by atoms with Crippen molar-refractivity contribution in [1.82, 2.24) is 14.7 Å². The number of aliphatic hydroxyl groups is 1. The smallest absolute Gasteiger partial charge is 0.279 e. The standard InChI is InChI=1S/C15H23N3O3/c1-10-11(2)16-17(3)14(20)13(10)15(21)18-7-4-5-12(9-18)6-8-19/h12,19H,4-9H2,1-3H3. The van der Waals surface area contributed by atoms with E-state index in [0.717, 1.165) is 12.8 Å². The van der Waals surface area contributed by atoms with Crippen LogP contribution in [-0.4, -0.2) is 45.4 Å². The van der Waals surface area contributed by atoms with Gasteiger partial charge < -0.3 is 10.0 Å². The molecule has 1 amide bonds. The molecule has 1 aromatic rings. The summed E-state index contributed by atoms with van der Waals surface area (Å²) in [5, 5.41) is 13.2. The maximum Gasteiger partial charge on any atom is 0.279 e. The number of aromatic nitrogens is 2. The third-order valence-electron chi connectivity index (χ3n) is 4.28. The SMILES string of the molecule is Cc1nn(C)c(=O)c(C(=O)N2CCCC(CCO)C2)c1C. The summed E-state index contributed by atoms with van der Waals surface area (Å²) in [6.45, 7) is 5.00. The summed E-state index contributed by atoms with van der Waals surface area (Å²) in [7, 11) is 1.57. The van der Waals surface area contributed by atoms with E-state index >= 15 is 0 Å². The quantitative estimate of drug-likeness (QED) is 0.887. The lowest BCUT2D eigenvalue weighted by atomic mass is 9.94. The Balaban J connectivity index is 2.30. The minimum Gasteiger partial charge on any atom is -0.396 e. The first kappa shape index (κ1) is 15.7. The molecule has 0 saturated carbocycles. The van der Waals surface area contributed by atoms with Gasteiger partial charge in [0.1, 0.15) is 5.56 Å². The molecule has 1 aliphatic rings. The van der Waals surface area contributed by atoms with Crippen molar-refractivity contribution < 1.29 is 9.90 Å². The lowest BCUT2D eigenvalue weighted by Gasteiger charge is -2.32. The fraction of sp³-hybridized carbons (Fsp3) is 0.667. The Hall–Kier alpha value is -1.69. The lowest BCUT2D eigenvalue weighted by molar-refractivity contribution is 0.0650. The van der Waals surface area contributed by atoms with Gasteiger partial charge in [0, 0.05) is 26.7 Å². The van der Waals surface area contributed by atoms with E-state index in [1.165, 1.54) is 4.68 Å². The van der Waals surface area contributed by atoms with Gasteiger partial charge in [0.25, 0.3) is 11.5 Å². The number of carbonyl (C=O) groups is 1. The average molecular weight is 293 g/mol. The highest BCUT2D eigenvalue weighted by Gasteiger charge is 2.27. The number of hydrogen-bond acceptors (Lipinski definition) is 4. The van der Waals surface area contributed by atoms with Crippen LogP contribution in [0.15, 0.2) is 4.79 Å². The molecule has 1 aromatic heterocycles. The largest absolute Gasteiger partial charge is 0.396 e. The van der Waals surface area contributed by atoms with Gasteiger partial charge in [-0.25, -0.2) is 4.68 Å². The van der Waals surface area contributed by atoms with Crippen molar-refractivity contribution in [2.75, 3.05) is 19.7 Å². The molecule has 0 aliphatic carbocycles. The second-order valence-corrected chi connectivity index (χ2v) is 5.79. The van der Waals surface area contributed by atoms with E-state index in [1.54, 1.807) is 25.8 Å². The van der Waals surface area contributed by atoms with Gasteiger partial charge in [-0.15, -0.1) is 0 Å². The summed E-state index contributed by atoms with van der Waals surface area (Å²) in [5.74, 6) is 0.112. The summed E-state index contributed by atoms with van der Waals surface area (Å²) >= 11 is 0. The van der Waals surface area contributed by atoms with Gasteiger partial charge in [0.15, 0.2) is 0 Å². The van der Waals surface area contributed by atoms with Crippen LogP contribution in [0.4, 0.5) is 0 Å². The number of hydrogen-bond donors (Lipinski definition) is 1. The zero-order valence-electron chi connectivity index (χ0n) is 12.9. The Kier molecular flexibility index (Phi) is 4.77. The Morgan fingerprint density at radius 2 is 2.14 bits per heavy atom. The molecule has 1 aliphatic heterocycles. The van der Waals surface area contributed by atoms with Crippen LogP contribution in [0.1, 0.15) is 40.9 Å². The predicted molar refractivity (Wildman–Crippen MR) is 79.3 cm³/mol. The number of likely N-dealkylation sites (tertiary alicyclic amines) is 1. The number of amides is 1. The number of carbonyl (C=O) groups excluding carboxylic acids is 1. The minimum absolute atomic E-state index is 0.141. The molecular formula is C15H23N3O3. The van der Waals surface area contributed by atoms with Crippen LogP contribution < -0.4 is 5.56 Å². The summed E-state index contributed by atoms with van der Waals surface area (Å²) in [4.78, 5) is 26.7. The van der Waals surface area contributed by atoms with Crippen molar-refractivity contribution in [3.63, 3.8) is 0 Å². The zero-order valence-corrected chi connectivity index (χ0v) is 12.9. The third kappa shape index (κ3) is 3.15. The molecule has 0 spiro atoms. The molecule has 6 heteroatoms. The van der Waals surface area contributed by atoms with Crippen LogP contribution in [0, 0.1) is 19.8 Å². The lowest BCUT2D eigenvalue weighted by Crippen LogP contribution is -2.43. The zero-order chi connectivity index (χ0) is 15.6. The van der Waals surface area contributed by atoms with Gasteiger partial charge in [0.05, 0.1) is 5.69 Å². The maximum absolute atomic E-state index is 12.7. The van der Waals surface area contributed by atoms with E-state index < -0.39 is 0 Å². The van der Waals surface area contributed by atoms with Gasteiger partial charge in [0.2, 0.25) is 0 Å². The number of rotatable bonds is 3. The van der Waals surface area contributed by atoms with Crippen molar-refractivity contribution in [3.05, 3.63) is 27.2 Å². The molecule has 1 saturated heterocycles. The molecule has 1 unspecified atom stereocenters. The van der Waals surface area contributed by atoms with Crippen molar-refractivity contribution in [2.24, 2.45) is 13.0 Å². The number of aliphatic hydroxyl groups excluding tert-OH is 1. The summed E-state index contributed by atoms with van der Waals surface area (Å²) < 4.78 is 1.23. The summed E-state index contributed by atoms with van der Waals surface area (Å²) in [6.07, 6.45) is 2.65. The highest BCUT2D eigenvalue weighted by Crippen LogP contribution is 2.21. The number of aryl methyl sites for hydroxylation is 2. The normalized spacial score (nSPS) is 18.9. The molecular weight excluding hydrogens is 270 g/mol. The summed E-state index contributed by atoms with van der Waals surface area (Å²) in [6, 6.07) is 0. The van der Waals surface area contributed by atoms with E-state index in [4.69, 9.17) is 5.11 Å². The molecule has 1 fully saturated rings. The molecule has 1 atom stereocenters. The fourth-order valence-corrected chi connectivity index (χ4v) is 2.93. The molecule has 2 rings (SSSR count). The van der Waals surface area contributed by atoms with E-state index in [1.807, 2.05) is 0 Å². The Bertz CT molecular complexity index is 593. The van der Waals surface area contributed by atoms with Gasteiger partial charge >= 0.3 is 0 Å². The van der Waals surface area contributed by atoms with E-state index in [0.29, 0.717) is 36.7 Å². The van der Waals surface area contributed by atoms with E-state index in [2.05, 4.69) is 5.10 Å². The first-order valence-corrected chi connectivity index (χ1v) is 7.40. The van der Waals surface area contributed by atoms with Crippen LogP contribution in [0.2, 0.25) is 0 Å². The van der Waals surface area contributed by atoms with Crippen molar-refractivity contribution in [2.45, 2.75) is 33.1 Å². The molecule has 0 bridgehead atoms. The van der Waals surface area contributed by atoms with Gasteiger partial charge in [-0.1, -0.05) is 0 Å². The third-order valence-corrected chi connectivity index (χ3v) is 4.28. The minimum atomic E-state index is -0.340. The number of piperidine rings is 1. The second kappa shape index (κ2) is 6.39. The Morgan fingerprint density at radius 1 is 1.43 bits per heavy atom. The van der Waals surface area contributed by atoms with E-state index in [9.17, 15) is 9.59 Å². The molecule has 0 aromatic carbocycles. The first-order chi connectivity index (χ1) is 9.95. The highest BCUT2D eigenvalue weighted by atomic mass is 16.3. The van der Waals surface area contributed by atoms with Crippen LogP contribution in [-0.2, 0) is 7.05 Å². The average Bonchev–Trinajstić information content (AvgIpc) is 2.46. The van der Waals surface area contributed by atoms with Gasteiger partial charge in [-0.05, 0) is 44.6 Å². The van der Waals surface area contributed by atoms with Crippen molar-refractivity contribution in [3.8, 4) is 0 Å². The monoisotopic (exact) mass is 293 g/mol. The molecule has 21 heavy (non-hydrogen) atoms.